The van der Waals surface area contributed by atoms with Crippen molar-refractivity contribution in [1.29, 1.82) is 0 Å². The Morgan fingerprint density at radius 1 is 1.45 bits per heavy atom. The Labute approximate surface area is 132 Å². The summed E-state index contributed by atoms with van der Waals surface area (Å²) in [6, 6.07) is 5.61. The number of aryl methyl sites for hydroxylation is 1. The molecule has 0 fully saturated rings. The van der Waals surface area contributed by atoms with Crippen LogP contribution >= 0.6 is 11.8 Å². The summed E-state index contributed by atoms with van der Waals surface area (Å²) >= 11 is 1.41. The molecule has 116 valence electrons. The van der Waals surface area contributed by atoms with Gasteiger partial charge in [-0.2, -0.15) is 0 Å². The minimum atomic E-state index is -0.0935. The molecule has 0 saturated heterocycles. The zero-order valence-corrected chi connectivity index (χ0v) is 13.2. The molecule has 0 spiro atoms. The Hall–Kier alpha value is -2.15. The van der Waals surface area contributed by atoms with Crippen LogP contribution < -0.4 is 14.8 Å². The largest absolute Gasteiger partial charge is 0.454 e. The highest BCUT2D eigenvalue weighted by atomic mass is 32.2. The molecule has 0 bridgehead atoms. The van der Waals surface area contributed by atoms with Gasteiger partial charge in [-0.3, -0.25) is 4.79 Å². The standard InChI is InChI=1S/C15H17N3O3S/c1-10(11-3-4-12-13(7-11)21-9-20-12)17-14(19)8-22-15-16-5-6-18(15)2/h3-7,10H,8-9H2,1-2H3,(H,17,19)/t10-/m0/s1. The molecule has 0 aliphatic carbocycles. The maximum atomic E-state index is 12.0. The predicted molar refractivity (Wildman–Crippen MR) is 83.1 cm³/mol. The monoisotopic (exact) mass is 319 g/mol. The molecule has 3 rings (SSSR count). The number of hydrogen-bond acceptors (Lipinski definition) is 5. The molecule has 1 aliphatic rings. The zero-order valence-electron chi connectivity index (χ0n) is 12.4. The number of carbonyl (C=O) groups is 1. The number of nitrogens with zero attached hydrogens (tertiary/aromatic N) is 2. The number of hydrogen-bond donors (Lipinski definition) is 1. The van der Waals surface area contributed by atoms with Crippen molar-refractivity contribution in [3.05, 3.63) is 36.2 Å². The summed E-state index contributed by atoms with van der Waals surface area (Å²) in [7, 11) is 1.91. The molecule has 1 N–H and O–H groups in total. The number of benzene rings is 1. The molecule has 2 heterocycles. The van der Waals surface area contributed by atoms with Gasteiger partial charge in [0.05, 0.1) is 11.8 Å². The summed E-state index contributed by atoms with van der Waals surface area (Å²) in [6.07, 6.45) is 3.57. The molecule has 0 saturated carbocycles. The summed E-state index contributed by atoms with van der Waals surface area (Å²) in [5, 5.41) is 3.80. The van der Waals surface area contributed by atoms with Crippen molar-refractivity contribution in [3.8, 4) is 11.5 Å². The second-order valence-corrected chi connectivity index (χ2v) is 5.95. The Bertz CT molecular complexity index is 686. The van der Waals surface area contributed by atoms with Gasteiger partial charge in [-0.15, -0.1) is 0 Å². The number of rotatable bonds is 5. The number of carbonyl (C=O) groups excluding carboxylic acids is 1. The quantitative estimate of drug-likeness (QED) is 0.855. The first kappa shape index (κ1) is 14.8. The molecule has 0 unspecified atom stereocenters. The van der Waals surface area contributed by atoms with Gasteiger partial charge in [0.25, 0.3) is 0 Å². The third kappa shape index (κ3) is 3.19. The lowest BCUT2D eigenvalue weighted by Crippen LogP contribution is -2.28. The molecule has 6 nitrogen and oxygen atoms in total. The van der Waals surface area contributed by atoms with Gasteiger partial charge in [-0.1, -0.05) is 17.8 Å². The highest BCUT2D eigenvalue weighted by Gasteiger charge is 2.17. The van der Waals surface area contributed by atoms with E-state index in [1.165, 1.54) is 11.8 Å². The van der Waals surface area contributed by atoms with Gasteiger partial charge < -0.3 is 19.4 Å². The van der Waals surface area contributed by atoms with Crippen molar-refractivity contribution < 1.29 is 14.3 Å². The number of imidazole rings is 1. The van der Waals surface area contributed by atoms with Crippen molar-refractivity contribution in [2.45, 2.75) is 18.1 Å². The van der Waals surface area contributed by atoms with Crippen LogP contribution in [0.4, 0.5) is 0 Å². The minimum absolute atomic E-state index is 0.0295. The van der Waals surface area contributed by atoms with Crippen LogP contribution in [0.3, 0.4) is 0 Å². The third-order valence-electron chi connectivity index (χ3n) is 3.38. The van der Waals surface area contributed by atoms with Gasteiger partial charge in [0.2, 0.25) is 12.7 Å². The van der Waals surface area contributed by atoms with Gasteiger partial charge in [0, 0.05) is 19.4 Å². The molecule has 7 heteroatoms. The van der Waals surface area contributed by atoms with E-state index >= 15 is 0 Å². The lowest BCUT2D eigenvalue weighted by molar-refractivity contribution is -0.119. The zero-order chi connectivity index (χ0) is 15.5. The van der Waals surface area contributed by atoms with Crippen molar-refractivity contribution in [1.82, 2.24) is 14.9 Å². The fourth-order valence-electron chi connectivity index (χ4n) is 2.17. The molecule has 1 aromatic carbocycles. The second-order valence-electron chi connectivity index (χ2n) is 5.01. The highest BCUT2D eigenvalue weighted by molar-refractivity contribution is 7.99. The SMILES string of the molecule is C[C@H](NC(=O)CSc1nccn1C)c1ccc2c(c1)OCO2. The van der Waals surface area contributed by atoms with E-state index in [2.05, 4.69) is 10.3 Å². The van der Waals surface area contributed by atoms with Crippen molar-refractivity contribution in [3.63, 3.8) is 0 Å². The van der Waals surface area contributed by atoms with Crippen LogP contribution in [0, 0.1) is 0 Å². The van der Waals surface area contributed by atoms with Crippen LogP contribution in [0.15, 0.2) is 35.7 Å². The fraction of sp³-hybridized carbons (Fsp3) is 0.333. The van der Waals surface area contributed by atoms with E-state index in [9.17, 15) is 4.79 Å². The Morgan fingerprint density at radius 3 is 3.05 bits per heavy atom. The topological polar surface area (TPSA) is 65.4 Å². The molecule has 2 aromatic rings. The normalized spacial score (nSPS) is 13.9. The minimum Gasteiger partial charge on any atom is -0.454 e. The first-order valence-corrected chi connectivity index (χ1v) is 7.91. The lowest BCUT2D eigenvalue weighted by Gasteiger charge is -2.14. The summed E-state index contributed by atoms with van der Waals surface area (Å²) in [5.74, 6) is 1.77. The molecular formula is C15H17N3O3S. The van der Waals surface area contributed by atoms with Crippen LogP contribution in [0.5, 0.6) is 11.5 Å². The van der Waals surface area contributed by atoms with Gasteiger partial charge in [0.1, 0.15) is 0 Å². The number of ether oxygens (including phenoxy) is 2. The van der Waals surface area contributed by atoms with E-state index in [1.54, 1.807) is 6.20 Å². The van der Waals surface area contributed by atoms with E-state index in [0.717, 1.165) is 22.2 Å². The third-order valence-corrected chi connectivity index (χ3v) is 4.44. The average Bonchev–Trinajstić information content (AvgIpc) is 3.12. The molecule has 1 aromatic heterocycles. The molecule has 22 heavy (non-hydrogen) atoms. The predicted octanol–water partition coefficient (Wildman–Crippen LogP) is 2.12. The highest BCUT2D eigenvalue weighted by Crippen LogP contribution is 2.34. The van der Waals surface area contributed by atoms with E-state index in [4.69, 9.17) is 9.47 Å². The van der Waals surface area contributed by atoms with Gasteiger partial charge in [-0.25, -0.2) is 4.98 Å². The summed E-state index contributed by atoms with van der Waals surface area (Å²) in [4.78, 5) is 16.2. The van der Waals surface area contributed by atoms with Crippen molar-refractivity contribution >= 4 is 17.7 Å². The van der Waals surface area contributed by atoms with Gasteiger partial charge in [0.15, 0.2) is 16.7 Å². The number of amides is 1. The van der Waals surface area contributed by atoms with Gasteiger partial charge in [-0.05, 0) is 24.6 Å². The Kier molecular flexibility index (Phi) is 4.24. The van der Waals surface area contributed by atoms with Crippen LogP contribution in [-0.4, -0.2) is 28.0 Å². The van der Waals surface area contributed by atoms with Gasteiger partial charge >= 0.3 is 0 Å². The molecule has 1 aliphatic heterocycles. The smallest absolute Gasteiger partial charge is 0.231 e. The Morgan fingerprint density at radius 2 is 2.27 bits per heavy atom. The summed E-state index contributed by atoms with van der Waals surface area (Å²) in [5.41, 5.74) is 0.986. The summed E-state index contributed by atoms with van der Waals surface area (Å²) < 4.78 is 12.5. The first-order chi connectivity index (χ1) is 10.6. The van der Waals surface area contributed by atoms with E-state index < -0.39 is 0 Å². The van der Waals surface area contributed by atoms with E-state index in [-0.39, 0.29) is 18.7 Å². The maximum Gasteiger partial charge on any atom is 0.231 e. The molecular weight excluding hydrogens is 302 g/mol. The van der Waals surface area contributed by atoms with E-state index in [0.29, 0.717) is 5.75 Å². The van der Waals surface area contributed by atoms with Crippen LogP contribution in [-0.2, 0) is 11.8 Å². The van der Waals surface area contributed by atoms with E-state index in [1.807, 2.05) is 42.9 Å². The number of nitrogens with one attached hydrogen (secondary N) is 1. The lowest BCUT2D eigenvalue weighted by atomic mass is 10.1. The molecule has 1 atom stereocenters. The fourth-order valence-corrected chi connectivity index (χ4v) is 2.91. The first-order valence-electron chi connectivity index (χ1n) is 6.92. The second kappa shape index (κ2) is 6.31. The number of fused-ring (bicyclic) bond motifs is 1. The summed E-state index contributed by atoms with van der Waals surface area (Å²) in [6.45, 7) is 2.20. The van der Waals surface area contributed by atoms with Crippen LogP contribution in [0.2, 0.25) is 0 Å². The van der Waals surface area contributed by atoms with Crippen LogP contribution in [0.25, 0.3) is 0 Å². The number of thioether (sulfide) groups is 1. The van der Waals surface area contributed by atoms with Crippen molar-refractivity contribution in [2.75, 3.05) is 12.5 Å². The maximum absolute atomic E-state index is 12.0. The molecule has 0 radical (unpaired) electrons. The molecule has 1 amide bonds. The average molecular weight is 319 g/mol. The Balaban J connectivity index is 1.56. The van der Waals surface area contributed by atoms with Crippen molar-refractivity contribution in [2.24, 2.45) is 7.05 Å². The number of aromatic nitrogens is 2. The van der Waals surface area contributed by atoms with Crippen LogP contribution in [0.1, 0.15) is 18.5 Å².